The van der Waals surface area contributed by atoms with Gasteiger partial charge < -0.3 is 14.8 Å². The van der Waals surface area contributed by atoms with Gasteiger partial charge in [-0.1, -0.05) is 6.07 Å². The summed E-state index contributed by atoms with van der Waals surface area (Å²) in [5.74, 6) is 0.423. The molecule has 28 heavy (non-hydrogen) atoms. The number of hydrogen-bond acceptors (Lipinski definition) is 7. The maximum absolute atomic E-state index is 12.4. The molecule has 0 aliphatic carbocycles. The number of rotatable bonds is 6. The molecule has 2 N–H and O–H groups in total. The summed E-state index contributed by atoms with van der Waals surface area (Å²) in [4.78, 5) is 27.0. The number of aromatic nitrogens is 3. The van der Waals surface area contributed by atoms with Crippen LogP contribution in [-0.4, -0.2) is 34.4 Å². The van der Waals surface area contributed by atoms with Crippen molar-refractivity contribution in [1.29, 1.82) is 0 Å². The quantitative estimate of drug-likeness (QED) is 0.633. The Hall–Kier alpha value is -3.68. The Morgan fingerprint density at radius 3 is 2.50 bits per heavy atom. The van der Waals surface area contributed by atoms with E-state index in [1.807, 2.05) is 0 Å². The van der Waals surface area contributed by atoms with Crippen LogP contribution in [0.1, 0.15) is 24.2 Å². The van der Waals surface area contributed by atoms with Gasteiger partial charge in [0.15, 0.2) is 5.69 Å². The Morgan fingerprint density at radius 2 is 1.86 bits per heavy atom. The van der Waals surface area contributed by atoms with Crippen molar-refractivity contribution in [3.05, 3.63) is 64.4 Å². The monoisotopic (exact) mass is 380 g/mol. The summed E-state index contributed by atoms with van der Waals surface area (Å²) in [5.41, 5.74) is 1.39. The number of carbonyl (C=O) groups is 1. The van der Waals surface area contributed by atoms with E-state index < -0.39 is 11.5 Å². The Kier molecular flexibility index (Phi) is 5.69. The second-order valence-electron chi connectivity index (χ2n) is 6.24. The average molecular weight is 380 g/mol. The van der Waals surface area contributed by atoms with Crippen LogP contribution in [0.25, 0.3) is 11.3 Å². The molecule has 0 saturated heterocycles. The van der Waals surface area contributed by atoms with Gasteiger partial charge in [0.2, 0.25) is 5.95 Å². The fourth-order valence-electron chi connectivity index (χ4n) is 2.47. The molecule has 3 aromatic rings. The highest BCUT2D eigenvalue weighted by Gasteiger charge is 2.11. The molecule has 144 valence electrons. The molecule has 8 heteroatoms. The predicted octanol–water partition coefficient (Wildman–Crippen LogP) is 3.15. The molecule has 0 unspecified atom stereocenters. The summed E-state index contributed by atoms with van der Waals surface area (Å²) < 4.78 is 10.3. The first-order chi connectivity index (χ1) is 13.5. The van der Waals surface area contributed by atoms with E-state index in [1.165, 1.54) is 0 Å². The fourth-order valence-corrected chi connectivity index (χ4v) is 2.47. The normalized spacial score (nSPS) is 10.6. The zero-order valence-electron chi connectivity index (χ0n) is 15.7. The van der Waals surface area contributed by atoms with Crippen LogP contribution in [0.2, 0.25) is 0 Å². The van der Waals surface area contributed by atoms with Gasteiger partial charge in [-0.05, 0) is 56.3 Å². The first-order valence-corrected chi connectivity index (χ1v) is 8.66. The maximum Gasteiger partial charge on any atom is 0.338 e. The second kappa shape index (κ2) is 8.34. The highest BCUT2D eigenvalue weighted by Crippen LogP contribution is 2.19. The number of esters is 1. The number of hydrogen-bond donors (Lipinski definition) is 2. The summed E-state index contributed by atoms with van der Waals surface area (Å²) in [7, 11) is 1.57. The minimum Gasteiger partial charge on any atom is -0.497 e. The number of nitrogens with one attached hydrogen (secondary N) is 2. The Morgan fingerprint density at radius 1 is 1.11 bits per heavy atom. The highest BCUT2D eigenvalue weighted by molar-refractivity contribution is 5.90. The zero-order chi connectivity index (χ0) is 20.1. The van der Waals surface area contributed by atoms with Gasteiger partial charge in [0, 0.05) is 11.3 Å². The van der Waals surface area contributed by atoms with Gasteiger partial charge in [0.1, 0.15) is 5.75 Å². The number of H-pyrrole nitrogens is 1. The van der Waals surface area contributed by atoms with Crippen molar-refractivity contribution in [2.24, 2.45) is 0 Å². The molecule has 0 fully saturated rings. The summed E-state index contributed by atoms with van der Waals surface area (Å²) >= 11 is 0. The molecule has 0 spiro atoms. The summed E-state index contributed by atoms with van der Waals surface area (Å²) in [6.07, 6.45) is -0.211. The van der Waals surface area contributed by atoms with Crippen molar-refractivity contribution < 1.29 is 14.3 Å². The molecule has 2 aromatic carbocycles. The molecule has 0 aliphatic heterocycles. The van der Waals surface area contributed by atoms with Crippen LogP contribution in [-0.2, 0) is 4.74 Å². The van der Waals surface area contributed by atoms with Gasteiger partial charge in [0.25, 0.3) is 5.56 Å². The van der Waals surface area contributed by atoms with Crippen molar-refractivity contribution in [3.8, 4) is 17.0 Å². The molecule has 1 heterocycles. The van der Waals surface area contributed by atoms with Crippen LogP contribution < -0.4 is 15.6 Å². The lowest BCUT2D eigenvalue weighted by Crippen LogP contribution is -2.16. The highest BCUT2D eigenvalue weighted by atomic mass is 16.5. The van der Waals surface area contributed by atoms with Crippen LogP contribution >= 0.6 is 0 Å². The second-order valence-corrected chi connectivity index (χ2v) is 6.24. The number of nitrogens with zero attached hydrogens (tertiary/aromatic N) is 2. The molecule has 0 saturated carbocycles. The lowest BCUT2D eigenvalue weighted by Gasteiger charge is -2.10. The number of benzene rings is 2. The van der Waals surface area contributed by atoms with Crippen LogP contribution in [0.4, 0.5) is 11.6 Å². The van der Waals surface area contributed by atoms with Gasteiger partial charge in [-0.2, -0.15) is 0 Å². The largest absolute Gasteiger partial charge is 0.497 e. The first kappa shape index (κ1) is 19.1. The van der Waals surface area contributed by atoms with E-state index in [0.29, 0.717) is 22.6 Å². The Labute approximate surface area is 161 Å². The number of ether oxygens (including phenoxy) is 2. The summed E-state index contributed by atoms with van der Waals surface area (Å²) in [6, 6.07) is 13.7. The predicted molar refractivity (Wildman–Crippen MR) is 105 cm³/mol. The molecule has 0 aliphatic rings. The van der Waals surface area contributed by atoms with Crippen molar-refractivity contribution in [3.63, 3.8) is 0 Å². The van der Waals surface area contributed by atoms with Gasteiger partial charge in [0.05, 0.1) is 18.8 Å². The standard InChI is InChI=1S/C20H20N4O4/c1-12(2)28-19(26)14-5-4-6-15(11-14)21-20-22-18(25)17(23-24-20)13-7-9-16(27-3)10-8-13/h4-12H,1-3H3,(H2,21,22,24,25). The van der Waals surface area contributed by atoms with E-state index in [4.69, 9.17) is 9.47 Å². The maximum atomic E-state index is 12.4. The molecular formula is C20H20N4O4. The molecule has 0 radical (unpaired) electrons. The third-order valence-electron chi connectivity index (χ3n) is 3.76. The molecule has 0 bridgehead atoms. The van der Waals surface area contributed by atoms with Crippen LogP contribution in [0.5, 0.6) is 5.75 Å². The number of methoxy groups -OCH3 is 1. The van der Waals surface area contributed by atoms with E-state index in [1.54, 1.807) is 69.5 Å². The van der Waals surface area contributed by atoms with Crippen molar-refractivity contribution >= 4 is 17.6 Å². The summed E-state index contributed by atoms with van der Waals surface area (Å²) in [6.45, 7) is 3.56. The van der Waals surface area contributed by atoms with Crippen molar-refractivity contribution in [2.45, 2.75) is 20.0 Å². The molecule has 8 nitrogen and oxygen atoms in total. The zero-order valence-corrected chi connectivity index (χ0v) is 15.7. The third-order valence-corrected chi connectivity index (χ3v) is 3.76. The van der Waals surface area contributed by atoms with Crippen LogP contribution in [0, 0.1) is 0 Å². The third kappa shape index (κ3) is 4.53. The number of carbonyl (C=O) groups excluding carboxylic acids is 1. The smallest absolute Gasteiger partial charge is 0.338 e. The molecule has 0 atom stereocenters. The lowest BCUT2D eigenvalue weighted by molar-refractivity contribution is 0.0378. The average Bonchev–Trinajstić information content (AvgIpc) is 2.68. The van der Waals surface area contributed by atoms with Crippen LogP contribution in [0.15, 0.2) is 53.3 Å². The van der Waals surface area contributed by atoms with E-state index in [-0.39, 0.29) is 17.7 Å². The molecule has 3 rings (SSSR count). The van der Waals surface area contributed by atoms with Crippen molar-refractivity contribution in [2.75, 3.05) is 12.4 Å². The van der Waals surface area contributed by atoms with Gasteiger partial charge in [-0.15, -0.1) is 10.2 Å². The lowest BCUT2D eigenvalue weighted by atomic mass is 10.1. The van der Waals surface area contributed by atoms with E-state index in [0.717, 1.165) is 0 Å². The van der Waals surface area contributed by atoms with E-state index in [2.05, 4.69) is 20.5 Å². The SMILES string of the molecule is COc1ccc(-c2nnc(Nc3cccc(C(=O)OC(C)C)c3)[nH]c2=O)cc1. The fraction of sp³-hybridized carbons (Fsp3) is 0.200. The van der Waals surface area contributed by atoms with Crippen LogP contribution in [0.3, 0.4) is 0 Å². The van der Waals surface area contributed by atoms with Gasteiger partial charge in [-0.3, -0.25) is 9.78 Å². The minimum absolute atomic E-state index is 0.164. The van der Waals surface area contributed by atoms with Gasteiger partial charge in [-0.25, -0.2) is 4.79 Å². The number of anilines is 2. The van der Waals surface area contributed by atoms with Crippen molar-refractivity contribution in [1.82, 2.24) is 15.2 Å². The van der Waals surface area contributed by atoms with E-state index >= 15 is 0 Å². The molecule has 0 amide bonds. The molecule has 1 aromatic heterocycles. The Balaban J connectivity index is 1.79. The Bertz CT molecular complexity index is 1030. The van der Waals surface area contributed by atoms with E-state index in [9.17, 15) is 9.59 Å². The summed E-state index contributed by atoms with van der Waals surface area (Å²) in [5, 5.41) is 11.0. The first-order valence-electron chi connectivity index (χ1n) is 8.66. The topological polar surface area (TPSA) is 106 Å². The minimum atomic E-state index is -0.423. The van der Waals surface area contributed by atoms with Gasteiger partial charge >= 0.3 is 5.97 Å². The molecular weight excluding hydrogens is 360 g/mol. The number of aromatic amines is 1.